The molecular formula is C13H18ClNO4S. The van der Waals surface area contributed by atoms with Gasteiger partial charge in [0.25, 0.3) is 15.0 Å². The Hall–Kier alpha value is -1.27. The standard InChI is InChI=1S/C13H18ClNO4S/c1-3-7-15-13(16)9-19-12-6-5-11(20(14,17)18)8-10(12)4-2/h5-6,8H,3-4,7,9H2,1-2H3,(H,15,16). The summed E-state index contributed by atoms with van der Waals surface area (Å²) in [5.41, 5.74) is 0.690. The van der Waals surface area contributed by atoms with Gasteiger partial charge in [0.05, 0.1) is 4.90 Å². The second-order valence-electron chi connectivity index (χ2n) is 4.20. The van der Waals surface area contributed by atoms with Gasteiger partial charge in [-0.05, 0) is 36.6 Å². The molecule has 0 spiro atoms. The molecule has 0 aliphatic rings. The molecule has 0 aromatic heterocycles. The Morgan fingerprint density at radius 3 is 2.60 bits per heavy atom. The van der Waals surface area contributed by atoms with Crippen molar-refractivity contribution in [3.63, 3.8) is 0 Å². The fraction of sp³-hybridized carbons (Fsp3) is 0.462. The molecule has 5 nitrogen and oxygen atoms in total. The zero-order valence-electron chi connectivity index (χ0n) is 11.5. The normalized spacial score (nSPS) is 11.2. The zero-order valence-corrected chi connectivity index (χ0v) is 13.1. The Morgan fingerprint density at radius 1 is 1.35 bits per heavy atom. The molecule has 1 aromatic rings. The number of halogens is 1. The van der Waals surface area contributed by atoms with E-state index in [0.29, 0.717) is 24.3 Å². The van der Waals surface area contributed by atoms with Crippen molar-refractivity contribution in [1.29, 1.82) is 0 Å². The van der Waals surface area contributed by atoms with Gasteiger partial charge >= 0.3 is 0 Å². The van der Waals surface area contributed by atoms with Crippen LogP contribution < -0.4 is 10.1 Å². The van der Waals surface area contributed by atoms with E-state index in [-0.39, 0.29) is 17.4 Å². The van der Waals surface area contributed by atoms with Crippen LogP contribution in [-0.4, -0.2) is 27.5 Å². The van der Waals surface area contributed by atoms with Crippen molar-refractivity contribution in [2.24, 2.45) is 0 Å². The number of rotatable bonds is 7. The molecular weight excluding hydrogens is 302 g/mol. The van der Waals surface area contributed by atoms with Crippen LogP contribution in [0.2, 0.25) is 0 Å². The van der Waals surface area contributed by atoms with Crippen molar-refractivity contribution in [1.82, 2.24) is 5.32 Å². The number of benzene rings is 1. The summed E-state index contributed by atoms with van der Waals surface area (Å²) in [6, 6.07) is 4.34. The Kier molecular flexibility index (Phi) is 6.29. The molecule has 0 saturated carbocycles. The van der Waals surface area contributed by atoms with E-state index < -0.39 is 9.05 Å². The molecule has 20 heavy (non-hydrogen) atoms. The van der Waals surface area contributed by atoms with Crippen LogP contribution in [0.25, 0.3) is 0 Å². The number of ether oxygens (including phenoxy) is 1. The summed E-state index contributed by atoms with van der Waals surface area (Å²) in [5.74, 6) is 0.283. The molecule has 1 N–H and O–H groups in total. The highest BCUT2D eigenvalue weighted by Gasteiger charge is 2.13. The average Bonchev–Trinajstić information content (AvgIpc) is 2.41. The van der Waals surface area contributed by atoms with Crippen LogP contribution in [0, 0.1) is 0 Å². The number of nitrogens with one attached hydrogen (secondary N) is 1. The van der Waals surface area contributed by atoms with Gasteiger partial charge in [-0.15, -0.1) is 0 Å². The van der Waals surface area contributed by atoms with E-state index in [1.807, 2.05) is 13.8 Å². The topological polar surface area (TPSA) is 72.5 Å². The number of hydrogen-bond acceptors (Lipinski definition) is 4. The molecule has 0 fully saturated rings. The zero-order chi connectivity index (χ0) is 15.2. The minimum atomic E-state index is -3.76. The minimum absolute atomic E-state index is 0.0267. The second kappa shape index (κ2) is 7.50. The van der Waals surface area contributed by atoms with Gasteiger partial charge < -0.3 is 10.1 Å². The highest BCUT2D eigenvalue weighted by Crippen LogP contribution is 2.25. The van der Waals surface area contributed by atoms with Crippen molar-refractivity contribution < 1.29 is 17.9 Å². The maximum atomic E-state index is 11.4. The van der Waals surface area contributed by atoms with E-state index in [1.165, 1.54) is 18.2 Å². The fourth-order valence-electron chi connectivity index (χ4n) is 1.58. The first-order chi connectivity index (χ1) is 9.38. The summed E-state index contributed by atoms with van der Waals surface area (Å²) < 4.78 is 27.9. The number of amides is 1. The molecule has 0 aliphatic heterocycles. The van der Waals surface area contributed by atoms with Crippen LogP contribution in [-0.2, 0) is 20.3 Å². The van der Waals surface area contributed by atoms with Gasteiger partial charge in [0.1, 0.15) is 5.75 Å². The van der Waals surface area contributed by atoms with Crippen molar-refractivity contribution >= 4 is 25.6 Å². The first-order valence-electron chi connectivity index (χ1n) is 6.35. The van der Waals surface area contributed by atoms with Crippen molar-refractivity contribution in [3.8, 4) is 5.75 Å². The second-order valence-corrected chi connectivity index (χ2v) is 6.77. The lowest BCUT2D eigenvalue weighted by atomic mass is 10.1. The van der Waals surface area contributed by atoms with E-state index in [2.05, 4.69) is 5.32 Å². The summed E-state index contributed by atoms with van der Waals surface area (Å²) in [7, 11) is 1.53. The molecule has 0 atom stereocenters. The van der Waals surface area contributed by atoms with Gasteiger partial charge in [-0.2, -0.15) is 0 Å². The maximum absolute atomic E-state index is 11.4. The first-order valence-corrected chi connectivity index (χ1v) is 8.66. The molecule has 0 aliphatic carbocycles. The van der Waals surface area contributed by atoms with E-state index in [0.717, 1.165) is 6.42 Å². The van der Waals surface area contributed by atoms with E-state index in [4.69, 9.17) is 15.4 Å². The smallest absolute Gasteiger partial charge is 0.261 e. The van der Waals surface area contributed by atoms with Gasteiger partial charge in [0.2, 0.25) is 0 Å². The van der Waals surface area contributed by atoms with Crippen molar-refractivity contribution in [2.75, 3.05) is 13.2 Å². The monoisotopic (exact) mass is 319 g/mol. The van der Waals surface area contributed by atoms with Crippen LogP contribution in [0.4, 0.5) is 0 Å². The summed E-state index contributed by atoms with van der Waals surface area (Å²) in [4.78, 5) is 11.5. The SMILES string of the molecule is CCCNC(=O)COc1ccc(S(=O)(=O)Cl)cc1CC. The fourth-order valence-corrected chi connectivity index (χ4v) is 2.38. The van der Waals surface area contributed by atoms with Crippen LogP contribution in [0.3, 0.4) is 0 Å². The van der Waals surface area contributed by atoms with Crippen molar-refractivity contribution in [2.45, 2.75) is 31.6 Å². The lowest BCUT2D eigenvalue weighted by Gasteiger charge is -2.11. The third kappa shape index (κ3) is 5.02. The van der Waals surface area contributed by atoms with Crippen LogP contribution in [0.1, 0.15) is 25.8 Å². The summed E-state index contributed by atoms with van der Waals surface area (Å²) in [6.07, 6.45) is 1.43. The van der Waals surface area contributed by atoms with E-state index in [9.17, 15) is 13.2 Å². The third-order valence-corrected chi connectivity index (χ3v) is 3.98. The number of carbonyl (C=O) groups is 1. The molecule has 1 aromatic carbocycles. The largest absolute Gasteiger partial charge is 0.483 e. The molecule has 0 saturated heterocycles. The summed E-state index contributed by atoms with van der Waals surface area (Å²) in [5, 5.41) is 2.69. The lowest BCUT2D eigenvalue weighted by Crippen LogP contribution is -2.29. The Balaban J connectivity index is 2.79. The minimum Gasteiger partial charge on any atom is -0.483 e. The molecule has 0 radical (unpaired) electrons. The molecule has 1 rings (SSSR count). The summed E-state index contributed by atoms with van der Waals surface area (Å²) >= 11 is 0. The first kappa shape index (κ1) is 16.8. The van der Waals surface area contributed by atoms with Gasteiger partial charge in [-0.1, -0.05) is 13.8 Å². The van der Waals surface area contributed by atoms with E-state index in [1.54, 1.807) is 0 Å². The Bertz CT molecular complexity index is 572. The summed E-state index contributed by atoms with van der Waals surface area (Å²) in [6.45, 7) is 4.33. The quantitative estimate of drug-likeness (QED) is 0.781. The van der Waals surface area contributed by atoms with Crippen molar-refractivity contribution in [3.05, 3.63) is 23.8 Å². The molecule has 7 heteroatoms. The third-order valence-electron chi connectivity index (χ3n) is 2.63. The van der Waals surface area contributed by atoms with Gasteiger partial charge in [0, 0.05) is 17.2 Å². The number of hydrogen-bond donors (Lipinski definition) is 1. The number of carbonyl (C=O) groups excluding carboxylic acids is 1. The Morgan fingerprint density at radius 2 is 2.05 bits per heavy atom. The highest BCUT2D eigenvalue weighted by molar-refractivity contribution is 8.13. The van der Waals surface area contributed by atoms with Gasteiger partial charge in [0.15, 0.2) is 6.61 Å². The van der Waals surface area contributed by atoms with Crippen LogP contribution in [0.5, 0.6) is 5.75 Å². The number of aryl methyl sites for hydroxylation is 1. The van der Waals surface area contributed by atoms with Gasteiger partial charge in [-0.3, -0.25) is 4.79 Å². The predicted molar refractivity (Wildman–Crippen MR) is 77.7 cm³/mol. The molecule has 0 unspecified atom stereocenters. The van der Waals surface area contributed by atoms with Crippen LogP contribution >= 0.6 is 10.7 Å². The lowest BCUT2D eigenvalue weighted by molar-refractivity contribution is -0.123. The van der Waals surface area contributed by atoms with Gasteiger partial charge in [-0.25, -0.2) is 8.42 Å². The molecule has 0 bridgehead atoms. The predicted octanol–water partition coefficient (Wildman–Crippen LogP) is 2.08. The highest BCUT2D eigenvalue weighted by atomic mass is 35.7. The molecule has 1 amide bonds. The Labute approximate surface area is 123 Å². The average molecular weight is 320 g/mol. The van der Waals surface area contributed by atoms with Crippen LogP contribution in [0.15, 0.2) is 23.1 Å². The maximum Gasteiger partial charge on any atom is 0.261 e. The van der Waals surface area contributed by atoms with E-state index >= 15 is 0 Å². The molecule has 0 heterocycles. The molecule has 112 valence electrons.